The highest BCUT2D eigenvalue weighted by Crippen LogP contribution is 2.34. The number of hydrogen-bond donors (Lipinski definition) is 0. The second kappa shape index (κ2) is 4.59. The van der Waals surface area contributed by atoms with Crippen LogP contribution in [0.4, 0.5) is 4.39 Å². The van der Waals surface area contributed by atoms with Gasteiger partial charge in [0.1, 0.15) is 5.82 Å². The van der Waals surface area contributed by atoms with E-state index in [1.165, 1.54) is 30.0 Å². The number of thioether (sulfide) groups is 1. The first-order chi connectivity index (χ1) is 9.11. The second-order valence-corrected chi connectivity index (χ2v) is 6.40. The number of fused-ring (bicyclic) bond motifs is 2. The van der Waals surface area contributed by atoms with Crippen LogP contribution in [0.25, 0.3) is 20.2 Å². The van der Waals surface area contributed by atoms with Crippen molar-refractivity contribution in [3.05, 3.63) is 52.4 Å². The van der Waals surface area contributed by atoms with Gasteiger partial charge in [0, 0.05) is 11.0 Å². The van der Waals surface area contributed by atoms with Crippen molar-refractivity contribution in [3.63, 3.8) is 0 Å². The van der Waals surface area contributed by atoms with Gasteiger partial charge in [0.2, 0.25) is 5.43 Å². The Balaban J connectivity index is 2.56. The van der Waals surface area contributed by atoms with Gasteiger partial charge < -0.3 is 4.55 Å². The molecule has 3 aromatic rings. The summed E-state index contributed by atoms with van der Waals surface area (Å²) in [7, 11) is -1.50. The predicted molar refractivity (Wildman–Crippen MR) is 78.1 cm³/mol. The van der Waals surface area contributed by atoms with Crippen LogP contribution in [-0.2, 0) is 0 Å². The van der Waals surface area contributed by atoms with Gasteiger partial charge in [-0.2, -0.15) is 0 Å². The molecule has 0 aliphatic rings. The maximum absolute atomic E-state index is 13.2. The summed E-state index contributed by atoms with van der Waals surface area (Å²) in [5.41, 5.74) is -0.194. The molecule has 96 valence electrons. The van der Waals surface area contributed by atoms with Crippen LogP contribution in [-0.4, -0.2) is 10.8 Å². The van der Waals surface area contributed by atoms with Crippen molar-refractivity contribution < 1.29 is 8.94 Å². The van der Waals surface area contributed by atoms with Crippen molar-refractivity contribution in [2.75, 3.05) is 6.26 Å². The highest BCUT2D eigenvalue weighted by atomic mass is 32.2. The van der Waals surface area contributed by atoms with Gasteiger partial charge >= 0.3 is 0 Å². The standard InChI is InChI=1S/C14H9FO2S2/c1-18-9-3-5-12-11(7-9)14(16)10-4-2-8(15)6-13(10)19(12)17/h2-7H,1H3. The third kappa shape index (κ3) is 1.94. The van der Waals surface area contributed by atoms with Gasteiger partial charge in [-0.3, -0.25) is 4.79 Å². The lowest BCUT2D eigenvalue weighted by Gasteiger charge is -2.05. The van der Waals surface area contributed by atoms with Gasteiger partial charge in [0.15, 0.2) is 9.40 Å². The Morgan fingerprint density at radius 2 is 1.89 bits per heavy atom. The fourth-order valence-corrected chi connectivity index (χ4v) is 3.88. The molecule has 1 atom stereocenters. The van der Waals surface area contributed by atoms with E-state index in [0.717, 1.165) is 4.90 Å². The third-order valence-electron chi connectivity index (χ3n) is 3.02. The lowest BCUT2D eigenvalue weighted by molar-refractivity contribution is 0.600. The molecular weight excluding hydrogens is 283 g/mol. The van der Waals surface area contributed by atoms with Crippen LogP contribution in [0.3, 0.4) is 0 Å². The van der Waals surface area contributed by atoms with Gasteiger partial charge in [-0.1, -0.05) is 0 Å². The van der Waals surface area contributed by atoms with Gasteiger partial charge in [0.05, 0.1) is 10.8 Å². The molecule has 0 aliphatic carbocycles. The number of hydrogen-bond acceptors (Lipinski definition) is 3. The zero-order valence-corrected chi connectivity index (χ0v) is 11.6. The smallest absolute Gasteiger partial charge is 0.204 e. The SMILES string of the molecule is CSc1ccc2c(c1)c(=O)c1ccc(F)cc1[s+]2[O-]. The maximum atomic E-state index is 13.2. The maximum Gasteiger partial charge on any atom is 0.204 e. The van der Waals surface area contributed by atoms with Crippen LogP contribution in [0.2, 0.25) is 0 Å². The van der Waals surface area contributed by atoms with Gasteiger partial charge in [-0.15, -0.1) is 11.8 Å². The first-order valence-corrected chi connectivity index (χ1v) is 7.93. The minimum absolute atomic E-state index is 0.194. The fraction of sp³-hybridized carbons (Fsp3) is 0.0714. The molecule has 1 unspecified atom stereocenters. The molecule has 2 aromatic carbocycles. The number of benzene rings is 2. The predicted octanol–water partition coefficient (Wildman–Crippen LogP) is 3.94. The Labute approximate surface area is 115 Å². The molecule has 0 N–H and O–H groups in total. The molecule has 5 heteroatoms. The lowest BCUT2D eigenvalue weighted by atomic mass is 10.2. The summed E-state index contributed by atoms with van der Waals surface area (Å²) < 4.78 is 26.3. The van der Waals surface area contributed by atoms with Crippen LogP contribution in [0, 0.1) is 5.82 Å². The van der Waals surface area contributed by atoms with Gasteiger partial charge in [-0.25, -0.2) is 4.39 Å². The molecule has 3 rings (SSSR count). The molecule has 0 saturated heterocycles. The van der Waals surface area contributed by atoms with Crippen LogP contribution in [0.1, 0.15) is 0 Å². The molecule has 0 amide bonds. The first-order valence-electron chi connectivity index (χ1n) is 5.56. The normalized spacial score (nSPS) is 12.3. The highest BCUT2D eigenvalue weighted by molar-refractivity contribution is 7.98. The number of halogens is 1. The van der Waals surface area contributed by atoms with E-state index >= 15 is 0 Å². The topological polar surface area (TPSA) is 40.1 Å². The molecule has 0 aliphatic heterocycles. The number of rotatable bonds is 1. The monoisotopic (exact) mass is 292 g/mol. The molecule has 19 heavy (non-hydrogen) atoms. The Hall–Kier alpha value is -1.43. The van der Waals surface area contributed by atoms with E-state index in [2.05, 4.69) is 0 Å². The van der Waals surface area contributed by atoms with Crippen molar-refractivity contribution in [3.8, 4) is 0 Å². The first kappa shape index (κ1) is 12.6. The van der Waals surface area contributed by atoms with Crippen LogP contribution < -0.4 is 5.43 Å². The Kier molecular flexibility index (Phi) is 3.05. The Bertz CT molecular complexity index is 855. The average Bonchev–Trinajstić information content (AvgIpc) is 2.44. The minimum atomic E-state index is -1.50. The summed E-state index contributed by atoms with van der Waals surface area (Å²) >= 11 is 1.52. The second-order valence-electron chi connectivity index (χ2n) is 4.10. The quantitative estimate of drug-likeness (QED) is 0.387. The Morgan fingerprint density at radius 3 is 2.63 bits per heavy atom. The molecule has 0 bridgehead atoms. The third-order valence-corrected chi connectivity index (χ3v) is 5.24. The largest absolute Gasteiger partial charge is 0.590 e. The van der Waals surface area contributed by atoms with Gasteiger partial charge in [-0.05, 0) is 47.3 Å². The van der Waals surface area contributed by atoms with Crippen LogP contribution in [0.5, 0.6) is 0 Å². The van der Waals surface area contributed by atoms with E-state index in [-0.39, 0.29) is 10.1 Å². The molecule has 0 spiro atoms. The Morgan fingerprint density at radius 1 is 1.11 bits per heavy atom. The van der Waals surface area contributed by atoms with Crippen molar-refractivity contribution in [2.45, 2.75) is 4.90 Å². The van der Waals surface area contributed by atoms with Crippen molar-refractivity contribution >= 4 is 42.7 Å². The van der Waals surface area contributed by atoms with Crippen molar-refractivity contribution in [2.24, 2.45) is 0 Å². The van der Waals surface area contributed by atoms with E-state index < -0.39 is 16.6 Å². The highest BCUT2D eigenvalue weighted by Gasteiger charge is 2.16. The lowest BCUT2D eigenvalue weighted by Crippen LogP contribution is -2.02. The van der Waals surface area contributed by atoms with Crippen LogP contribution in [0.15, 0.2) is 46.1 Å². The summed E-state index contributed by atoms with van der Waals surface area (Å²) in [5, 5.41) is 0.773. The van der Waals surface area contributed by atoms with E-state index in [4.69, 9.17) is 0 Å². The summed E-state index contributed by atoms with van der Waals surface area (Å²) in [5.74, 6) is -0.482. The molecule has 0 radical (unpaired) electrons. The summed E-state index contributed by atoms with van der Waals surface area (Å²) in [6.45, 7) is 0. The summed E-state index contributed by atoms with van der Waals surface area (Å²) in [6, 6.07) is 9.04. The zero-order chi connectivity index (χ0) is 13.6. The molecule has 0 fully saturated rings. The minimum Gasteiger partial charge on any atom is -0.590 e. The molecule has 0 saturated carbocycles. The van der Waals surface area contributed by atoms with E-state index in [1.807, 2.05) is 12.3 Å². The van der Waals surface area contributed by atoms with Gasteiger partial charge in [0.25, 0.3) is 0 Å². The van der Waals surface area contributed by atoms with Crippen molar-refractivity contribution in [1.29, 1.82) is 0 Å². The van der Waals surface area contributed by atoms with E-state index in [0.29, 0.717) is 15.5 Å². The molecule has 1 heterocycles. The van der Waals surface area contributed by atoms with E-state index in [1.54, 1.807) is 12.1 Å². The van der Waals surface area contributed by atoms with Crippen molar-refractivity contribution in [1.82, 2.24) is 0 Å². The van der Waals surface area contributed by atoms with E-state index in [9.17, 15) is 13.7 Å². The summed E-state index contributed by atoms with van der Waals surface area (Å²) in [4.78, 5) is 13.3. The average molecular weight is 292 g/mol. The fourth-order valence-electron chi connectivity index (χ4n) is 2.08. The molecule has 1 aromatic heterocycles. The van der Waals surface area contributed by atoms with Crippen LogP contribution >= 0.6 is 22.5 Å². The summed E-state index contributed by atoms with van der Waals surface area (Å²) in [6.07, 6.45) is 1.91. The molecule has 2 nitrogen and oxygen atoms in total. The zero-order valence-electron chi connectivity index (χ0n) is 9.98. The molecular formula is C14H9FO2S2.